The van der Waals surface area contributed by atoms with Crippen molar-refractivity contribution in [2.45, 2.75) is 78.6 Å². The summed E-state index contributed by atoms with van der Waals surface area (Å²) >= 11 is 0. The van der Waals surface area contributed by atoms with Crippen LogP contribution >= 0.6 is 0 Å². The SMILES string of the molecule is [2H]c1c([2H])c([2H])c2c(c1[2H])c1c([2H])c([2H])c([2H])c([2H])c1n2-c1ccc2c(c1)N(c1cc(-c3ccccc3)cc3c1c1ccccc1n3-c1ccccc1)c1cc(C(C)(C)C)cc3c1B2c1ccc(-n2c4ccc(C(C)(C)C)cc4c4cc(C(C)(C)C)ccc42)cc1N3c1cc(-c2ccccc2)cc2oc3ccccc3c12. The van der Waals surface area contributed by atoms with Crippen LogP contribution in [0.4, 0.5) is 34.1 Å². The fraction of sp³-hybridized carbons (Fsp3) is 0.125. The third-order valence-corrected chi connectivity index (χ3v) is 21.9. The van der Waals surface area contributed by atoms with Crippen LogP contribution in [0.1, 0.15) is 90.0 Å². The Bertz CT molecular complexity index is 6930. The van der Waals surface area contributed by atoms with E-state index in [1.165, 1.54) is 21.9 Å². The Hall–Kier alpha value is -12.1. The highest BCUT2D eigenvalue weighted by atomic mass is 16.3. The van der Waals surface area contributed by atoms with Gasteiger partial charge in [-0.05, 0) is 193 Å². The van der Waals surface area contributed by atoms with Crippen molar-refractivity contribution in [1.29, 1.82) is 0 Å². The molecule has 494 valence electrons. The van der Waals surface area contributed by atoms with E-state index in [1.54, 1.807) is 4.57 Å². The van der Waals surface area contributed by atoms with Gasteiger partial charge in [0.05, 0.1) is 60.8 Å². The number of furan rings is 1. The van der Waals surface area contributed by atoms with Crippen molar-refractivity contribution in [2.24, 2.45) is 0 Å². The van der Waals surface area contributed by atoms with Crippen molar-refractivity contribution in [3.05, 3.63) is 314 Å². The van der Waals surface area contributed by atoms with Gasteiger partial charge in [0.2, 0.25) is 0 Å². The molecule has 0 saturated heterocycles. The topological polar surface area (TPSA) is 34.4 Å². The van der Waals surface area contributed by atoms with Crippen molar-refractivity contribution < 1.29 is 15.4 Å². The first-order valence-corrected chi connectivity index (χ1v) is 35.7. The highest BCUT2D eigenvalue weighted by Crippen LogP contribution is 2.54. The van der Waals surface area contributed by atoms with E-state index in [-0.39, 0.29) is 44.7 Å². The maximum Gasteiger partial charge on any atom is 0.252 e. The number of benzene rings is 14. The molecule has 103 heavy (non-hydrogen) atoms. The van der Waals surface area contributed by atoms with Gasteiger partial charge in [0.1, 0.15) is 11.2 Å². The predicted octanol–water partition coefficient (Wildman–Crippen LogP) is 24.2. The van der Waals surface area contributed by atoms with Crippen LogP contribution in [0.25, 0.3) is 127 Å². The molecule has 0 atom stereocenters. The summed E-state index contributed by atoms with van der Waals surface area (Å²) < 4.78 is 89.3. The maximum atomic E-state index is 9.87. The molecular weight excluding hydrogens is 1250 g/mol. The zero-order valence-corrected chi connectivity index (χ0v) is 58.9. The Labute approximate surface area is 611 Å². The van der Waals surface area contributed by atoms with Gasteiger partial charge in [-0.2, -0.15) is 0 Å². The summed E-state index contributed by atoms with van der Waals surface area (Å²) in [4.78, 5) is 4.98. The lowest BCUT2D eigenvalue weighted by molar-refractivity contribution is 0.590. The molecule has 18 aromatic rings. The Morgan fingerprint density at radius 2 is 0.748 bits per heavy atom. The predicted molar refractivity (Wildman–Crippen MR) is 438 cm³/mol. The van der Waals surface area contributed by atoms with E-state index in [1.807, 2.05) is 24.3 Å². The van der Waals surface area contributed by atoms with Crippen LogP contribution < -0.4 is 26.2 Å². The summed E-state index contributed by atoms with van der Waals surface area (Å²) in [7, 11) is 0. The number of hydrogen-bond donors (Lipinski definition) is 0. The molecule has 0 amide bonds. The van der Waals surface area contributed by atoms with Crippen LogP contribution in [0.5, 0.6) is 0 Å². The normalized spacial score (nSPS) is 14.3. The second kappa shape index (κ2) is 22.2. The Morgan fingerprint density at radius 3 is 1.30 bits per heavy atom. The Morgan fingerprint density at radius 1 is 0.291 bits per heavy atom. The summed E-state index contributed by atoms with van der Waals surface area (Å²) in [6.07, 6.45) is 0. The van der Waals surface area contributed by atoms with Gasteiger partial charge >= 0.3 is 0 Å². The first-order chi connectivity index (χ1) is 53.3. The third-order valence-electron chi connectivity index (χ3n) is 21.9. The van der Waals surface area contributed by atoms with Crippen LogP contribution in [0.3, 0.4) is 0 Å². The lowest BCUT2D eigenvalue weighted by Crippen LogP contribution is -2.61. The minimum Gasteiger partial charge on any atom is -0.456 e. The molecule has 6 heterocycles. The number of hydrogen-bond acceptors (Lipinski definition) is 3. The van der Waals surface area contributed by atoms with E-state index >= 15 is 0 Å². The van der Waals surface area contributed by atoms with Crippen molar-refractivity contribution in [2.75, 3.05) is 9.80 Å². The molecule has 6 nitrogen and oxygen atoms in total. The van der Waals surface area contributed by atoms with Gasteiger partial charge in [-0.1, -0.05) is 238 Å². The standard InChI is InChI=1S/C96H76BN5O/c1-94(2,3)63-41-47-80-73(53-63)74-54-64(95(4,5)6)42-48-81(74)100(80)68-44-46-76-83(58-68)102(86-51-62(60-29-15-11-16-30-60)52-90-92(86)72-36-22-26-40-89(72)103-90)88-56-65(96(7,8)9)55-87-93(88)97(76)75-45-43-67(99-77-37-23-19-33-69(77)70-34-20-24-38-78(70)99)57-82(75)101(87)85-50-61(59-27-13-10-14-28-59)49-84-91(85)71-35-21-25-39-79(71)98(84)66-31-17-12-18-32-66/h10-58H,1-9H3/i19D,20D,23D,24D,33D,34D,37D,38D. The Kier molecular flexibility index (Phi) is 11.4. The van der Waals surface area contributed by atoms with Crippen molar-refractivity contribution in [3.8, 4) is 39.3 Å². The van der Waals surface area contributed by atoms with Crippen LogP contribution in [0.15, 0.2) is 301 Å². The summed E-state index contributed by atoms with van der Waals surface area (Å²) in [6, 6.07) is 86.4. The zero-order valence-electron chi connectivity index (χ0n) is 66.9. The van der Waals surface area contributed by atoms with Crippen molar-refractivity contribution in [1.82, 2.24) is 13.7 Å². The average Bonchev–Trinajstić information content (AvgIpc) is 1.50. The molecule has 2 aliphatic heterocycles. The van der Waals surface area contributed by atoms with Gasteiger partial charge in [0, 0.05) is 77.5 Å². The van der Waals surface area contributed by atoms with Gasteiger partial charge in [0.15, 0.2) is 0 Å². The molecule has 0 aliphatic carbocycles. The molecule has 7 heteroatoms. The van der Waals surface area contributed by atoms with E-state index in [9.17, 15) is 8.22 Å². The van der Waals surface area contributed by atoms with E-state index in [0.717, 1.165) is 144 Å². The van der Waals surface area contributed by atoms with E-state index in [2.05, 4.69) is 306 Å². The molecule has 0 fully saturated rings. The largest absolute Gasteiger partial charge is 0.456 e. The first-order valence-electron chi connectivity index (χ1n) is 39.7. The van der Waals surface area contributed by atoms with Crippen LogP contribution in [0.2, 0.25) is 0 Å². The molecule has 4 aromatic heterocycles. The maximum absolute atomic E-state index is 9.87. The van der Waals surface area contributed by atoms with Crippen LogP contribution in [-0.4, -0.2) is 20.4 Å². The monoisotopic (exact) mass is 1330 g/mol. The number of fused-ring (bicyclic) bond motifs is 16. The fourth-order valence-electron chi connectivity index (χ4n) is 16.8. The van der Waals surface area contributed by atoms with E-state index < -0.39 is 48.4 Å². The third kappa shape index (κ3) is 9.27. The minimum absolute atomic E-state index is 0.00820. The molecular formula is C96H76BN5O. The molecule has 0 unspecified atom stereocenters. The minimum atomic E-state index is -0.508. The molecule has 0 saturated carbocycles. The number of anilines is 6. The van der Waals surface area contributed by atoms with E-state index in [4.69, 9.17) is 7.16 Å². The highest BCUT2D eigenvalue weighted by molar-refractivity contribution is 7.00. The van der Waals surface area contributed by atoms with Crippen molar-refractivity contribution in [3.63, 3.8) is 0 Å². The second-order valence-corrected chi connectivity index (χ2v) is 31.1. The molecule has 0 bridgehead atoms. The lowest BCUT2D eigenvalue weighted by Gasteiger charge is -2.45. The summed E-state index contributed by atoms with van der Waals surface area (Å²) in [5.74, 6) is 0. The van der Waals surface area contributed by atoms with Gasteiger partial charge in [-0.3, -0.25) is 0 Å². The van der Waals surface area contributed by atoms with Gasteiger partial charge in [0.25, 0.3) is 6.71 Å². The molecule has 2 aliphatic rings. The Balaban J connectivity index is 0.976. The molecule has 0 spiro atoms. The number of aromatic nitrogens is 3. The van der Waals surface area contributed by atoms with Gasteiger partial charge < -0.3 is 27.9 Å². The fourth-order valence-corrected chi connectivity index (χ4v) is 16.8. The zero-order chi connectivity index (χ0) is 76.5. The van der Waals surface area contributed by atoms with Crippen LogP contribution in [-0.2, 0) is 16.2 Å². The summed E-state index contributed by atoms with van der Waals surface area (Å²) in [5.41, 5.74) is 23.3. The van der Waals surface area contributed by atoms with Gasteiger partial charge in [-0.15, -0.1) is 0 Å². The number of para-hydroxylation sites is 5. The van der Waals surface area contributed by atoms with Gasteiger partial charge in [-0.25, -0.2) is 0 Å². The lowest BCUT2D eigenvalue weighted by atomic mass is 9.33. The molecule has 0 radical (unpaired) electrons. The summed E-state index contributed by atoms with van der Waals surface area (Å²) in [5, 5.41) is 6.30. The number of nitrogens with zero attached hydrogens (tertiary/aromatic N) is 5. The first kappa shape index (κ1) is 52.9. The second-order valence-electron chi connectivity index (χ2n) is 31.1. The van der Waals surface area contributed by atoms with Crippen molar-refractivity contribution >= 4 is 145 Å². The summed E-state index contributed by atoms with van der Waals surface area (Å²) in [6.45, 7) is 20.0. The smallest absolute Gasteiger partial charge is 0.252 e. The van der Waals surface area contributed by atoms with Crippen LogP contribution in [0, 0.1) is 0 Å². The average molecular weight is 1330 g/mol. The number of rotatable bonds is 7. The van der Waals surface area contributed by atoms with E-state index in [0.29, 0.717) is 5.69 Å². The highest BCUT2D eigenvalue weighted by Gasteiger charge is 2.46. The molecule has 14 aromatic carbocycles. The molecule has 20 rings (SSSR count). The quantitative estimate of drug-likeness (QED) is 0.149. The molecule has 0 N–H and O–H groups in total.